The zero-order valence-electron chi connectivity index (χ0n) is 40.5. The van der Waals surface area contributed by atoms with E-state index in [0.717, 1.165) is 141 Å². The van der Waals surface area contributed by atoms with Crippen molar-refractivity contribution >= 4 is 17.9 Å². The average molecular weight is 873 g/mol. The third-order valence-electron chi connectivity index (χ3n) is 10.3. The van der Waals surface area contributed by atoms with E-state index in [1.54, 1.807) is 0 Å². The molecule has 0 aromatic heterocycles. The summed E-state index contributed by atoms with van der Waals surface area (Å²) < 4.78 is 16.8. The van der Waals surface area contributed by atoms with E-state index in [-0.39, 0.29) is 31.1 Å². The normalized spacial score (nSPS) is 13.0. The molecule has 1 unspecified atom stereocenters. The molecule has 0 N–H and O–H groups in total. The molecule has 0 radical (unpaired) electrons. The summed E-state index contributed by atoms with van der Waals surface area (Å²) in [6.07, 6.45) is 67.8. The van der Waals surface area contributed by atoms with Gasteiger partial charge in [-0.3, -0.25) is 14.4 Å². The van der Waals surface area contributed by atoms with Crippen LogP contribution in [0.15, 0.2) is 109 Å². The van der Waals surface area contributed by atoms with E-state index in [1.807, 2.05) is 0 Å². The fraction of sp³-hybridized carbons (Fsp3) is 0.632. The summed E-state index contributed by atoms with van der Waals surface area (Å²) >= 11 is 0. The minimum Gasteiger partial charge on any atom is -0.462 e. The van der Waals surface area contributed by atoms with E-state index in [0.29, 0.717) is 19.3 Å². The van der Waals surface area contributed by atoms with Gasteiger partial charge in [0.05, 0.1) is 0 Å². The maximum absolute atomic E-state index is 12.8. The molecule has 356 valence electrons. The standard InChI is InChI=1S/C57H92O6/c1-4-7-10-13-16-19-22-25-28-30-32-35-38-41-44-47-50-56(59)62-53-54(52-61-55(58)49-46-43-40-37-34-31-27-24-21-18-15-12-9-6-3)63-57(60)51-48-45-42-39-36-33-29-26-23-20-17-14-11-8-5-2/h7-12,14,16-21,23,25,27-28,31,54H,4-6,13,15,22,24,26,29-30,32-53H2,1-3H3/b10-7-,11-8-,12-9-,17-14-,19-16-,21-18-,23-20-,28-25-,31-27-. The van der Waals surface area contributed by atoms with E-state index < -0.39 is 6.10 Å². The summed E-state index contributed by atoms with van der Waals surface area (Å²) in [6, 6.07) is 0. The Hall–Kier alpha value is -3.93. The van der Waals surface area contributed by atoms with Crippen molar-refractivity contribution in [3.8, 4) is 0 Å². The highest BCUT2D eigenvalue weighted by molar-refractivity contribution is 5.71. The molecule has 0 saturated carbocycles. The molecule has 0 bridgehead atoms. The molecular formula is C57H92O6. The highest BCUT2D eigenvalue weighted by Crippen LogP contribution is 2.14. The van der Waals surface area contributed by atoms with Crippen molar-refractivity contribution in [2.24, 2.45) is 0 Å². The number of rotatable bonds is 44. The lowest BCUT2D eigenvalue weighted by Gasteiger charge is -2.18. The summed E-state index contributed by atoms with van der Waals surface area (Å²) in [5.41, 5.74) is 0. The van der Waals surface area contributed by atoms with Crippen LogP contribution in [0.2, 0.25) is 0 Å². The smallest absolute Gasteiger partial charge is 0.306 e. The Morgan fingerprint density at radius 3 is 1.06 bits per heavy atom. The number of carbonyl (C=O) groups is 3. The lowest BCUT2D eigenvalue weighted by atomic mass is 10.1. The molecule has 0 aliphatic heterocycles. The van der Waals surface area contributed by atoms with Gasteiger partial charge in [-0.15, -0.1) is 0 Å². The first kappa shape index (κ1) is 59.1. The molecule has 1 atom stereocenters. The zero-order valence-corrected chi connectivity index (χ0v) is 40.5. The number of allylic oxidation sites excluding steroid dienone is 18. The molecule has 63 heavy (non-hydrogen) atoms. The lowest BCUT2D eigenvalue weighted by molar-refractivity contribution is -0.167. The maximum Gasteiger partial charge on any atom is 0.306 e. The molecule has 0 aromatic carbocycles. The Labute approximate surface area is 387 Å². The largest absolute Gasteiger partial charge is 0.462 e. The van der Waals surface area contributed by atoms with Crippen molar-refractivity contribution in [2.75, 3.05) is 13.2 Å². The molecule has 0 fully saturated rings. The van der Waals surface area contributed by atoms with Crippen LogP contribution in [0.1, 0.15) is 213 Å². The van der Waals surface area contributed by atoms with Crippen molar-refractivity contribution in [3.63, 3.8) is 0 Å². The monoisotopic (exact) mass is 873 g/mol. The molecule has 0 aromatic rings. The second kappa shape index (κ2) is 50.7. The molecular weight excluding hydrogens is 781 g/mol. The molecule has 6 nitrogen and oxygen atoms in total. The van der Waals surface area contributed by atoms with Gasteiger partial charge in [0, 0.05) is 19.3 Å². The SMILES string of the molecule is CC\C=C/C=C\C=C/CCCCCCCCCC(=O)OC(COC(=O)CCCCCC/C=C\C/C=C\C/C=C\CC)COC(=O)CCCCCCCC/C=C\C/C=C\C/C=C\CC. The maximum atomic E-state index is 12.8. The molecule has 0 spiro atoms. The molecule has 0 saturated heterocycles. The van der Waals surface area contributed by atoms with Gasteiger partial charge in [-0.1, -0.05) is 201 Å². The molecule has 0 aliphatic rings. The summed E-state index contributed by atoms with van der Waals surface area (Å²) in [7, 11) is 0. The third-order valence-corrected chi connectivity index (χ3v) is 10.3. The van der Waals surface area contributed by atoms with E-state index in [4.69, 9.17) is 14.2 Å². The number of unbranched alkanes of at least 4 members (excludes halogenated alkanes) is 17. The molecule has 6 heteroatoms. The topological polar surface area (TPSA) is 78.9 Å². The predicted molar refractivity (Wildman–Crippen MR) is 270 cm³/mol. The summed E-state index contributed by atoms with van der Waals surface area (Å²) in [5, 5.41) is 0. The van der Waals surface area contributed by atoms with Crippen molar-refractivity contribution in [2.45, 2.75) is 219 Å². The van der Waals surface area contributed by atoms with Crippen molar-refractivity contribution in [1.82, 2.24) is 0 Å². The first-order valence-corrected chi connectivity index (χ1v) is 25.4. The fourth-order valence-electron chi connectivity index (χ4n) is 6.59. The lowest BCUT2D eigenvalue weighted by Crippen LogP contribution is -2.30. The van der Waals surface area contributed by atoms with Crippen LogP contribution in [0.3, 0.4) is 0 Å². The van der Waals surface area contributed by atoms with Crippen LogP contribution >= 0.6 is 0 Å². The van der Waals surface area contributed by atoms with Crippen molar-refractivity contribution in [3.05, 3.63) is 109 Å². The van der Waals surface area contributed by atoms with Crippen LogP contribution < -0.4 is 0 Å². The summed E-state index contributed by atoms with van der Waals surface area (Å²) in [6.45, 7) is 6.23. The minimum atomic E-state index is -0.801. The zero-order chi connectivity index (χ0) is 45.8. The van der Waals surface area contributed by atoms with Gasteiger partial charge in [0.15, 0.2) is 6.10 Å². The predicted octanol–water partition coefficient (Wildman–Crippen LogP) is 16.8. The summed E-state index contributed by atoms with van der Waals surface area (Å²) in [5.74, 6) is -0.952. The van der Waals surface area contributed by atoms with Gasteiger partial charge in [-0.05, 0) is 103 Å². The van der Waals surface area contributed by atoms with Gasteiger partial charge in [0.2, 0.25) is 0 Å². The molecule has 0 heterocycles. The Kier molecular flexibility index (Phi) is 47.5. The van der Waals surface area contributed by atoms with Gasteiger partial charge in [-0.25, -0.2) is 0 Å². The first-order chi connectivity index (χ1) is 31.0. The number of carbonyl (C=O) groups excluding carboxylic acids is 3. The highest BCUT2D eigenvalue weighted by atomic mass is 16.6. The number of hydrogen-bond acceptors (Lipinski definition) is 6. The van der Waals surface area contributed by atoms with Crippen LogP contribution in [0.4, 0.5) is 0 Å². The van der Waals surface area contributed by atoms with E-state index in [2.05, 4.69) is 130 Å². The van der Waals surface area contributed by atoms with Crippen LogP contribution in [-0.4, -0.2) is 37.2 Å². The Balaban J connectivity index is 4.48. The Bertz CT molecular complexity index is 1330. The van der Waals surface area contributed by atoms with Gasteiger partial charge in [0.1, 0.15) is 13.2 Å². The second-order valence-corrected chi connectivity index (χ2v) is 16.3. The Morgan fingerprint density at radius 2 is 0.651 bits per heavy atom. The Morgan fingerprint density at radius 1 is 0.333 bits per heavy atom. The number of ether oxygens (including phenoxy) is 3. The second-order valence-electron chi connectivity index (χ2n) is 16.3. The molecule has 0 amide bonds. The van der Waals surface area contributed by atoms with Crippen LogP contribution in [0.25, 0.3) is 0 Å². The van der Waals surface area contributed by atoms with Gasteiger partial charge < -0.3 is 14.2 Å². The first-order valence-electron chi connectivity index (χ1n) is 25.4. The van der Waals surface area contributed by atoms with Crippen LogP contribution in [-0.2, 0) is 28.6 Å². The van der Waals surface area contributed by atoms with Gasteiger partial charge >= 0.3 is 17.9 Å². The third kappa shape index (κ3) is 49.0. The van der Waals surface area contributed by atoms with Crippen molar-refractivity contribution in [1.29, 1.82) is 0 Å². The van der Waals surface area contributed by atoms with E-state index in [1.165, 1.54) is 32.1 Å². The van der Waals surface area contributed by atoms with Gasteiger partial charge in [-0.2, -0.15) is 0 Å². The van der Waals surface area contributed by atoms with E-state index in [9.17, 15) is 14.4 Å². The van der Waals surface area contributed by atoms with Crippen molar-refractivity contribution < 1.29 is 28.6 Å². The molecule has 0 aliphatic carbocycles. The van der Waals surface area contributed by atoms with Gasteiger partial charge in [0.25, 0.3) is 0 Å². The van der Waals surface area contributed by atoms with E-state index >= 15 is 0 Å². The fourth-order valence-corrected chi connectivity index (χ4v) is 6.59. The van der Waals surface area contributed by atoms with Crippen LogP contribution in [0.5, 0.6) is 0 Å². The minimum absolute atomic E-state index is 0.0995. The van der Waals surface area contributed by atoms with Crippen LogP contribution in [0, 0.1) is 0 Å². The summed E-state index contributed by atoms with van der Waals surface area (Å²) in [4.78, 5) is 38.0. The molecule has 0 rings (SSSR count). The number of esters is 3. The quantitative estimate of drug-likeness (QED) is 0.0199. The highest BCUT2D eigenvalue weighted by Gasteiger charge is 2.19. The number of hydrogen-bond donors (Lipinski definition) is 0. The average Bonchev–Trinajstić information content (AvgIpc) is 3.28.